The third kappa shape index (κ3) is 2.77. The van der Waals surface area contributed by atoms with Crippen molar-refractivity contribution in [2.24, 2.45) is 0 Å². The van der Waals surface area contributed by atoms with E-state index in [0.717, 1.165) is 6.54 Å². The van der Waals surface area contributed by atoms with Crippen LogP contribution in [0, 0.1) is 0 Å². The zero-order valence-corrected chi connectivity index (χ0v) is 12.6. The Morgan fingerprint density at radius 2 is 1.81 bits per heavy atom. The fraction of sp³-hybridized carbons (Fsp3) is 0.917. The number of hydrogen-bond acceptors (Lipinski definition) is 2. The Hall–Kier alpha value is -0.0900. The maximum atomic E-state index is 12.1. The lowest BCUT2D eigenvalue weighted by Crippen LogP contribution is -2.58. The standard InChI is InChI=1S/C12H23BrN2O/c1-11(2,13)10(16)15(5)9-12(14(3)4)7-6-8-12/h6-9H2,1-5H3. The lowest BCUT2D eigenvalue weighted by atomic mass is 9.75. The number of rotatable bonds is 4. The van der Waals surface area contributed by atoms with Crippen molar-refractivity contribution in [2.75, 3.05) is 27.7 Å². The van der Waals surface area contributed by atoms with E-state index < -0.39 is 4.32 Å². The first-order valence-electron chi connectivity index (χ1n) is 5.81. The lowest BCUT2D eigenvalue weighted by molar-refractivity contribution is -0.134. The number of carbonyl (C=O) groups is 1. The highest BCUT2D eigenvalue weighted by Gasteiger charge is 2.41. The van der Waals surface area contributed by atoms with E-state index in [1.54, 1.807) is 0 Å². The minimum absolute atomic E-state index is 0.153. The lowest BCUT2D eigenvalue weighted by Gasteiger charge is -2.49. The van der Waals surface area contributed by atoms with Crippen LogP contribution in [0.5, 0.6) is 0 Å². The molecule has 1 fully saturated rings. The first-order chi connectivity index (χ1) is 7.19. The topological polar surface area (TPSA) is 23.6 Å². The maximum absolute atomic E-state index is 12.1. The molecule has 0 spiro atoms. The highest BCUT2D eigenvalue weighted by molar-refractivity contribution is 9.10. The monoisotopic (exact) mass is 290 g/mol. The summed E-state index contributed by atoms with van der Waals surface area (Å²) in [5.74, 6) is 0.153. The van der Waals surface area contributed by atoms with Gasteiger partial charge in [-0.15, -0.1) is 0 Å². The molecule has 0 aromatic rings. The summed E-state index contributed by atoms with van der Waals surface area (Å²) in [5, 5.41) is 0. The van der Waals surface area contributed by atoms with Gasteiger partial charge in [-0.1, -0.05) is 15.9 Å². The molecule has 16 heavy (non-hydrogen) atoms. The van der Waals surface area contributed by atoms with Gasteiger partial charge in [0, 0.05) is 19.1 Å². The molecule has 0 aromatic carbocycles. The Bertz CT molecular complexity index is 267. The van der Waals surface area contributed by atoms with Gasteiger partial charge in [-0.2, -0.15) is 0 Å². The molecule has 1 saturated carbocycles. The minimum atomic E-state index is -0.459. The van der Waals surface area contributed by atoms with E-state index in [9.17, 15) is 4.79 Å². The van der Waals surface area contributed by atoms with Gasteiger partial charge < -0.3 is 9.80 Å². The fourth-order valence-electron chi connectivity index (χ4n) is 2.30. The molecule has 0 N–H and O–H groups in total. The van der Waals surface area contributed by atoms with Crippen LogP contribution in [-0.2, 0) is 4.79 Å². The summed E-state index contributed by atoms with van der Waals surface area (Å²) >= 11 is 3.42. The van der Waals surface area contributed by atoms with Crippen LogP contribution in [-0.4, -0.2) is 53.3 Å². The summed E-state index contributed by atoms with van der Waals surface area (Å²) in [7, 11) is 6.11. The molecule has 0 aromatic heterocycles. The molecular weight excluding hydrogens is 268 g/mol. The molecule has 94 valence electrons. The van der Waals surface area contributed by atoms with Gasteiger partial charge in [0.15, 0.2) is 0 Å². The van der Waals surface area contributed by atoms with Crippen LogP contribution in [0.1, 0.15) is 33.1 Å². The molecule has 3 nitrogen and oxygen atoms in total. The predicted molar refractivity (Wildman–Crippen MR) is 70.9 cm³/mol. The Morgan fingerprint density at radius 3 is 2.06 bits per heavy atom. The van der Waals surface area contributed by atoms with Crippen molar-refractivity contribution < 1.29 is 4.79 Å². The first kappa shape index (κ1) is 14.0. The highest BCUT2D eigenvalue weighted by atomic mass is 79.9. The number of alkyl halides is 1. The molecule has 1 aliphatic carbocycles. The molecule has 1 amide bonds. The minimum Gasteiger partial charge on any atom is -0.343 e. The second-order valence-electron chi connectivity index (χ2n) is 5.61. The van der Waals surface area contributed by atoms with Crippen molar-refractivity contribution in [2.45, 2.75) is 43.0 Å². The van der Waals surface area contributed by atoms with Gasteiger partial charge in [-0.25, -0.2) is 0 Å². The van der Waals surface area contributed by atoms with Gasteiger partial charge >= 0.3 is 0 Å². The van der Waals surface area contributed by atoms with E-state index in [1.807, 2.05) is 25.8 Å². The van der Waals surface area contributed by atoms with Crippen LogP contribution in [0.3, 0.4) is 0 Å². The van der Waals surface area contributed by atoms with Crippen molar-refractivity contribution in [3.63, 3.8) is 0 Å². The first-order valence-corrected chi connectivity index (χ1v) is 6.60. The number of hydrogen-bond donors (Lipinski definition) is 0. The van der Waals surface area contributed by atoms with Crippen LogP contribution in [0.2, 0.25) is 0 Å². The van der Waals surface area contributed by atoms with Crippen LogP contribution in [0.4, 0.5) is 0 Å². The number of nitrogens with zero attached hydrogens (tertiary/aromatic N) is 2. The quantitative estimate of drug-likeness (QED) is 0.741. The van der Waals surface area contributed by atoms with Gasteiger partial charge in [-0.05, 0) is 47.2 Å². The second kappa shape index (κ2) is 4.65. The van der Waals surface area contributed by atoms with Crippen LogP contribution in [0.15, 0.2) is 0 Å². The van der Waals surface area contributed by atoms with Gasteiger partial charge in [0.2, 0.25) is 5.91 Å². The summed E-state index contributed by atoms with van der Waals surface area (Å²) in [4.78, 5) is 16.2. The Labute approximate surface area is 107 Å². The number of carbonyl (C=O) groups excluding carboxylic acids is 1. The third-order valence-corrected chi connectivity index (χ3v) is 3.96. The maximum Gasteiger partial charge on any atom is 0.238 e. The molecule has 1 rings (SSSR count). The largest absolute Gasteiger partial charge is 0.343 e. The Balaban J connectivity index is 2.63. The van der Waals surface area contributed by atoms with Crippen LogP contribution in [0.25, 0.3) is 0 Å². The molecule has 0 saturated heterocycles. The number of halogens is 1. The van der Waals surface area contributed by atoms with E-state index >= 15 is 0 Å². The number of amides is 1. The summed E-state index contributed by atoms with van der Waals surface area (Å²) in [6.45, 7) is 4.62. The average Bonchev–Trinajstić information content (AvgIpc) is 2.07. The van der Waals surface area contributed by atoms with E-state index in [2.05, 4.69) is 34.9 Å². The Morgan fingerprint density at radius 1 is 1.31 bits per heavy atom. The molecule has 0 aliphatic heterocycles. The molecule has 0 heterocycles. The van der Waals surface area contributed by atoms with Crippen molar-refractivity contribution in [1.29, 1.82) is 0 Å². The summed E-state index contributed by atoms with van der Waals surface area (Å²) in [5.41, 5.74) is 0.211. The van der Waals surface area contributed by atoms with Gasteiger partial charge in [0.1, 0.15) is 0 Å². The second-order valence-corrected chi connectivity index (χ2v) is 7.59. The van der Waals surface area contributed by atoms with Crippen LogP contribution >= 0.6 is 15.9 Å². The normalized spacial score (nSPS) is 19.4. The fourth-order valence-corrected chi connectivity index (χ4v) is 2.60. The van der Waals surface area contributed by atoms with Gasteiger partial charge in [-0.3, -0.25) is 4.79 Å². The van der Waals surface area contributed by atoms with Crippen molar-refractivity contribution >= 4 is 21.8 Å². The van der Waals surface area contributed by atoms with E-state index in [4.69, 9.17) is 0 Å². The molecule has 0 unspecified atom stereocenters. The molecular formula is C12H23BrN2O. The summed E-state index contributed by atoms with van der Waals surface area (Å²) in [6, 6.07) is 0. The van der Waals surface area contributed by atoms with Crippen LogP contribution < -0.4 is 0 Å². The predicted octanol–water partition coefficient (Wildman–Crippen LogP) is 2.10. The summed E-state index contributed by atoms with van der Waals surface area (Å²) < 4.78 is -0.459. The molecule has 0 radical (unpaired) electrons. The zero-order chi connectivity index (χ0) is 12.6. The van der Waals surface area contributed by atoms with Crippen molar-refractivity contribution in [1.82, 2.24) is 9.80 Å². The smallest absolute Gasteiger partial charge is 0.238 e. The van der Waals surface area contributed by atoms with Crippen molar-refractivity contribution in [3.05, 3.63) is 0 Å². The average molecular weight is 291 g/mol. The molecule has 0 atom stereocenters. The SMILES string of the molecule is CN(CC1(N(C)C)CCC1)C(=O)C(C)(C)Br. The number of likely N-dealkylation sites (N-methyl/N-ethyl adjacent to an activating group) is 2. The molecule has 0 bridgehead atoms. The van der Waals surface area contributed by atoms with E-state index in [0.29, 0.717) is 0 Å². The molecule has 4 heteroatoms. The molecule has 1 aliphatic rings. The third-order valence-electron chi connectivity index (χ3n) is 3.62. The van der Waals surface area contributed by atoms with Gasteiger partial charge in [0.25, 0.3) is 0 Å². The Kier molecular flexibility index (Phi) is 4.06. The van der Waals surface area contributed by atoms with Gasteiger partial charge in [0.05, 0.1) is 4.32 Å². The van der Waals surface area contributed by atoms with E-state index in [1.165, 1.54) is 19.3 Å². The summed E-state index contributed by atoms with van der Waals surface area (Å²) in [6.07, 6.45) is 3.67. The van der Waals surface area contributed by atoms with Crippen molar-refractivity contribution in [3.8, 4) is 0 Å². The van der Waals surface area contributed by atoms with E-state index in [-0.39, 0.29) is 11.4 Å². The highest BCUT2D eigenvalue weighted by Crippen LogP contribution is 2.37. The zero-order valence-electron chi connectivity index (χ0n) is 11.0.